The number of esters is 1. The van der Waals surface area contributed by atoms with Gasteiger partial charge in [-0.3, -0.25) is 4.79 Å². The Kier molecular flexibility index (Phi) is 9.54. The SMILES string of the molecule is CC.CCOC(=O)[C@@H](OC(C)(C)C)c1c(C)c(C)c2c(c1C)CC(=O)N(C1CCCCC1)C2. The maximum atomic E-state index is 13.2. The van der Waals surface area contributed by atoms with Crippen LogP contribution < -0.4 is 0 Å². The molecule has 1 heterocycles. The lowest BCUT2D eigenvalue weighted by molar-refractivity contribution is -0.167. The molecule has 0 bridgehead atoms. The highest BCUT2D eigenvalue weighted by molar-refractivity contribution is 5.84. The molecule has 1 amide bonds. The van der Waals surface area contributed by atoms with Gasteiger partial charge in [-0.05, 0) is 94.7 Å². The summed E-state index contributed by atoms with van der Waals surface area (Å²) < 4.78 is 11.6. The van der Waals surface area contributed by atoms with Gasteiger partial charge in [0.1, 0.15) is 0 Å². The van der Waals surface area contributed by atoms with Gasteiger partial charge in [-0.1, -0.05) is 33.1 Å². The topological polar surface area (TPSA) is 55.8 Å². The van der Waals surface area contributed by atoms with Crippen molar-refractivity contribution in [3.63, 3.8) is 0 Å². The number of hydrogen-bond acceptors (Lipinski definition) is 4. The van der Waals surface area contributed by atoms with Crippen molar-refractivity contribution in [1.29, 1.82) is 0 Å². The third-order valence-electron chi connectivity index (χ3n) is 6.87. The summed E-state index contributed by atoms with van der Waals surface area (Å²) in [5.74, 6) is -0.157. The second-order valence-electron chi connectivity index (χ2n) is 10.1. The van der Waals surface area contributed by atoms with Gasteiger partial charge in [0, 0.05) is 12.6 Å². The number of ether oxygens (including phenoxy) is 2. The molecule has 33 heavy (non-hydrogen) atoms. The number of amides is 1. The van der Waals surface area contributed by atoms with E-state index in [1.165, 1.54) is 24.8 Å². The number of carbonyl (C=O) groups is 2. The van der Waals surface area contributed by atoms with E-state index in [-0.39, 0.29) is 11.9 Å². The largest absolute Gasteiger partial charge is 0.464 e. The molecule has 1 aromatic carbocycles. The van der Waals surface area contributed by atoms with Crippen LogP contribution in [0.15, 0.2) is 0 Å². The van der Waals surface area contributed by atoms with Crippen LogP contribution in [0.2, 0.25) is 0 Å². The molecule has 1 aliphatic heterocycles. The first-order valence-electron chi connectivity index (χ1n) is 12.8. The normalized spacial score (nSPS) is 17.7. The van der Waals surface area contributed by atoms with Gasteiger partial charge in [-0.2, -0.15) is 0 Å². The first-order valence-corrected chi connectivity index (χ1v) is 12.8. The number of rotatable bonds is 5. The minimum Gasteiger partial charge on any atom is -0.464 e. The average Bonchev–Trinajstić information content (AvgIpc) is 2.78. The molecule has 0 N–H and O–H groups in total. The molecule has 1 atom stereocenters. The fourth-order valence-corrected chi connectivity index (χ4v) is 5.20. The lowest BCUT2D eigenvalue weighted by Crippen LogP contribution is -2.45. The van der Waals surface area contributed by atoms with Crippen LogP contribution in [0, 0.1) is 20.8 Å². The van der Waals surface area contributed by atoms with Crippen molar-refractivity contribution < 1.29 is 19.1 Å². The predicted octanol–water partition coefficient (Wildman–Crippen LogP) is 6.27. The van der Waals surface area contributed by atoms with E-state index in [2.05, 4.69) is 18.7 Å². The maximum absolute atomic E-state index is 13.2. The van der Waals surface area contributed by atoms with Gasteiger partial charge in [0.2, 0.25) is 5.91 Å². The van der Waals surface area contributed by atoms with Crippen LogP contribution in [-0.2, 0) is 32.0 Å². The van der Waals surface area contributed by atoms with E-state index in [0.717, 1.165) is 40.7 Å². The van der Waals surface area contributed by atoms with E-state index in [4.69, 9.17) is 9.47 Å². The zero-order valence-corrected chi connectivity index (χ0v) is 22.4. The Hall–Kier alpha value is -1.88. The quantitative estimate of drug-likeness (QED) is 0.487. The molecule has 0 spiro atoms. The molecule has 2 aliphatic rings. The number of benzene rings is 1. The highest BCUT2D eigenvalue weighted by atomic mass is 16.6. The monoisotopic (exact) mass is 459 g/mol. The van der Waals surface area contributed by atoms with Crippen LogP contribution in [0.4, 0.5) is 0 Å². The Morgan fingerprint density at radius 3 is 2.15 bits per heavy atom. The van der Waals surface area contributed by atoms with Crippen molar-refractivity contribution in [3.05, 3.63) is 33.4 Å². The molecule has 3 rings (SSSR count). The van der Waals surface area contributed by atoms with Crippen LogP contribution in [-0.4, -0.2) is 35.0 Å². The van der Waals surface area contributed by atoms with E-state index in [1.807, 2.05) is 48.5 Å². The van der Waals surface area contributed by atoms with Gasteiger partial charge in [-0.25, -0.2) is 4.79 Å². The smallest absolute Gasteiger partial charge is 0.339 e. The molecular weight excluding hydrogens is 414 g/mol. The third-order valence-corrected chi connectivity index (χ3v) is 6.87. The lowest BCUT2D eigenvalue weighted by Gasteiger charge is -2.40. The number of carbonyl (C=O) groups excluding carboxylic acids is 2. The Morgan fingerprint density at radius 1 is 1.00 bits per heavy atom. The van der Waals surface area contributed by atoms with Crippen molar-refractivity contribution in [2.24, 2.45) is 0 Å². The van der Waals surface area contributed by atoms with Gasteiger partial charge in [-0.15, -0.1) is 0 Å². The van der Waals surface area contributed by atoms with E-state index in [9.17, 15) is 9.59 Å². The standard InChI is InChI=1S/C26H39NO4.C2H6/c1-8-30-25(29)24(31-26(5,6)7)23-17(3)16(2)21-15-27(19-12-10-9-11-13-19)22(28)14-20(21)18(23)4;1-2/h19,24H,8-15H2,1-7H3;1-2H3/t24-;/m0./s1. The third kappa shape index (κ3) is 6.17. The van der Waals surface area contributed by atoms with Crippen molar-refractivity contribution >= 4 is 11.9 Å². The van der Waals surface area contributed by atoms with E-state index in [0.29, 0.717) is 25.6 Å². The Morgan fingerprint density at radius 2 is 1.61 bits per heavy atom. The molecule has 1 saturated carbocycles. The highest BCUT2D eigenvalue weighted by Crippen LogP contribution is 2.39. The zero-order chi connectivity index (χ0) is 24.9. The summed E-state index contributed by atoms with van der Waals surface area (Å²) >= 11 is 0. The summed E-state index contributed by atoms with van der Waals surface area (Å²) in [5.41, 5.74) is 5.91. The van der Waals surface area contributed by atoms with Crippen molar-refractivity contribution in [2.75, 3.05) is 6.61 Å². The van der Waals surface area contributed by atoms with Gasteiger partial charge in [0.15, 0.2) is 6.10 Å². The van der Waals surface area contributed by atoms with E-state index < -0.39 is 11.7 Å². The summed E-state index contributed by atoms with van der Waals surface area (Å²) in [6.45, 7) is 18.8. The first kappa shape index (κ1) is 27.4. The lowest BCUT2D eigenvalue weighted by atomic mass is 9.81. The van der Waals surface area contributed by atoms with E-state index >= 15 is 0 Å². The molecule has 0 unspecified atom stereocenters. The van der Waals surface area contributed by atoms with Crippen molar-refractivity contribution in [1.82, 2.24) is 4.90 Å². The summed E-state index contributed by atoms with van der Waals surface area (Å²) in [5, 5.41) is 0. The molecule has 1 fully saturated rings. The maximum Gasteiger partial charge on any atom is 0.339 e. The van der Waals surface area contributed by atoms with E-state index in [1.54, 1.807) is 0 Å². The molecule has 0 aromatic heterocycles. The Labute approximate surface area is 201 Å². The van der Waals surface area contributed by atoms with Gasteiger partial charge >= 0.3 is 5.97 Å². The van der Waals surface area contributed by atoms with Gasteiger partial charge in [0.25, 0.3) is 0 Å². The number of nitrogens with zero attached hydrogens (tertiary/aromatic N) is 1. The minimum absolute atomic E-state index is 0.209. The molecular formula is C28H45NO4. The second kappa shape index (κ2) is 11.5. The minimum atomic E-state index is -0.796. The summed E-state index contributed by atoms with van der Waals surface area (Å²) in [6.07, 6.45) is 5.53. The Bertz CT molecular complexity index is 847. The zero-order valence-electron chi connectivity index (χ0n) is 22.4. The summed E-state index contributed by atoms with van der Waals surface area (Å²) in [6, 6.07) is 0.366. The fraction of sp³-hybridized carbons (Fsp3) is 0.714. The molecule has 1 aliphatic carbocycles. The van der Waals surface area contributed by atoms with Gasteiger partial charge in [0.05, 0.1) is 18.6 Å². The highest BCUT2D eigenvalue weighted by Gasteiger charge is 2.37. The van der Waals surface area contributed by atoms with Crippen molar-refractivity contribution in [3.8, 4) is 0 Å². The van der Waals surface area contributed by atoms with Crippen LogP contribution >= 0.6 is 0 Å². The Balaban J connectivity index is 0.00000187. The molecule has 186 valence electrons. The van der Waals surface area contributed by atoms with Gasteiger partial charge < -0.3 is 14.4 Å². The summed E-state index contributed by atoms with van der Waals surface area (Å²) in [4.78, 5) is 28.2. The van der Waals surface area contributed by atoms with Crippen LogP contribution in [0.5, 0.6) is 0 Å². The predicted molar refractivity (Wildman–Crippen MR) is 133 cm³/mol. The number of hydrogen-bond donors (Lipinski definition) is 0. The molecule has 5 heteroatoms. The average molecular weight is 460 g/mol. The molecule has 0 saturated heterocycles. The first-order chi connectivity index (χ1) is 15.5. The van der Waals surface area contributed by atoms with Crippen LogP contribution in [0.3, 0.4) is 0 Å². The number of fused-ring (bicyclic) bond motifs is 1. The van der Waals surface area contributed by atoms with Crippen molar-refractivity contribution in [2.45, 2.75) is 125 Å². The second-order valence-corrected chi connectivity index (χ2v) is 10.1. The van der Waals surface area contributed by atoms with Crippen LogP contribution in [0.25, 0.3) is 0 Å². The van der Waals surface area contributed by atoms with Crippen LogP contribution in [0.1, 0.15) is 113 Å². The summed E-state index contributed by atoms with van der Waals surface area (Å²) in [7, 11) is 0. The fourth-order valence-electron chi connectivity index (χ4n) is 5.20. The molecule has 5 nitrogen and oxygen atoms in total. The molecule has 0 radical (unpaired) electrons. The molecule has 1 aromatic rings.